The van der Waals surface area contributed by atoms with Gasteiger partial charge in [-0.15, -0.1) is 0 Å². The molecule has 0 aliphatic carbocycles. The Hall–Kier alpha value is -0.610. The first-order valence-electron chi connectivity index (χ1n) is 2.84. The van der Waals surface area contributed by atoms with E-state index in [1.807, 2.05) is 0 Å². The summed E-state index contributed by atoms with van der Waals surface area (Å²) in [5.74, 6) is -0.883. The first-order valence-corrected chi connectivity index (χ1v) is 2.84. The van der Waals surface area contributed by atoms with Crippen molar-refractivity contribution >= 4 is 5.97 Å². The smallest absolute Gasteiger partial charge is 0.320 e. The Bertz CT molecular complexity index is 125. The Morgan fingerprint density at radius 1 is 1.78 bits per heavy atom. The first-order chi connectivity index (χ1) is 4.20. The number of carbonyl (C=O) groups is 1. The van der Waals surface area contributed by atoms with Gasteiger partial charge in [-0.25, -0.2) is 0 Å². The highest BCUT2D eigenvalue weighted by Gasteiger charge is 2.27. The maximum atomic E-state index is 10.2. The quantitative estimate of drug-likeness (QED) is 0.420. The zero-order valence-electron chi connectivity index (χ0n) is 4.87. The molecule has 0 amide bonds. The van der Waals surface area contributed by atoms with E-state index in [2.05, 4.69) is 5.32 Å². The fourth-order valence-corrected chi connectivity index (χ4v) is 0.905. The summed E-state index contributed by atoms with van der Waals surface area (Å²) < 4.78 is 0. The molecule has 1 heterocycles. The second-order valence-electron chi connectivity index (χ2n) is 2.19. The molecule has 9 heavy (non-hydrogen) atoms. The van der Waals surface area contributed by atoms with Crippen LogP contribution in [0.15, 0.2) is 0 Å². The summed E-state index contributed by atoms with van der Waals surface area (Å²) in [5.41, 5.74) is 0. The number of hydrogen-bond acceptors (Lipinski definition) is 3. The molecule has 2 atom stereocenters. The van der Waals surface area contributed by atoms with Gasteiger partial charge in [0.15, 0.2) is 0 Å². The molecular weight excluding hydrogens is 124 g/mol. The average Bonchev–Trinajstić information content (AvgIpc) is 2.14. The minimum absolute atomic E-state index is 0.329. The van der Waals surface area contributed by atoms with Gasteiger partial charge < -0.3 is 15.5 Å². The van der Waals surface area contributed by atoms with Crippen LogP contribution in [0.4, 0.5) is 0 Å². The van der Waals surface area contributed by atoms with E-state index in [1.54, 1.807) is 0 Å². The van der Waals surface area contributed by atoms with Crippen molar-refractivity contribution in [3.63, 3.8) is 0 Å². The lowest BCUT2D eigenvalue weighted by molar-refractivity contribution is -0.139. The molecule has 0 aromatic carbocycles. The third-order valence-corrected chi connectivity index (χ3v) is 1.41. The maximum absolute atomic E-state index is 10.2. The molecule has 4 nitrogen and oxygen atoms in total. The van der Waals surface area contributed by atoms with Crippen LogP contribution in [-0.2, 0) is 4.79 Å². The van der Waals surface area contributed by atoms with Crippen LogP contribution >= 0.6 is 0 Å². The Morgan fingerprint density at radius 2 is 2.44 bits per heavy atom. The second-order valence-corrected chi connectivity index (χ2v) is 2.19. The van der Waals surface area contributed by atoms with Gasteiger partial charge >= 0.3 is 5.97 Å². The van der Waals surface area contributed by atoms with Crippen LogP contribution in [0.5, 0.6) is 0 Å². The molecule has 3 N–H and O–H groups in total. The van der Waals surface area contributed by atoms with E-state index >= 15 is 0 Å². The lowest BCUT2D eigenvalue weighted by atomic mass is 10.4. The third kappa shape index (κ3) is 1.40. The fraction of sp³-hybridized carbons (Fsp3) is 0.800. The minimum atomic E-state index is -0.883. The van der Waals surface area contributed by atoms with Crippen molar-refractivity contribution in [1.29, 1.82) is 0 Å². The van der Waals surface area contributed by atoms with Gasteiger partial charge in [-0.05, 0) is 0 Å². The van der Waals surface area contributed by atoms with Gasteiger partial charge in [-0.2, -0.15) is 0 Å². The van der Waals surface area contributed by atoms with Crippen LogP contribution in [0.25, 0.3) is 0 Å². The van der Waals surface area contributed by atoms with Crippen molar-refractivity contribution in [2.45, 2.75) is 18.6 Å². The van der Waals surface area contributed by atoms with Crippen molar-refractivity contribution in [1.82, 2.24) is 5.32 Å². The lowest BCUT2D eigenvalue weighted by Gasteiger charge is -1.99. The first kappa shape index (κ1) is 6.51. The highest BCUT2D eigenvalue weighted by molar-refractivity contribution is 5.73. The summed E-state index contributed by atoms with van der Waals surface area (Å²) in [4.78, 5) is 10.2. The van der Waals surface area contributed by atoms with E-state index in [1.165, 1.54) is 0 Å². The molecule has 1 rings (SSSR count). The third-order valence-electron chi connectivity index (χ3n) is 1.41. The van der Waals surface area contributed by atoms with E-state index in [-0.39, 0.29) is 0 Å². The Balaban J connectivity index is 2.39. The molecule has 1 fully saturated rings. The SMILES string of the molecule is O=C(O)[14C@@H]1CC(O)CN1. The molecular formula is C5H9NO3. The summed E-state index contributed by atoms with van der Waals surface area (Å²) in [7, 11) is 0. The Morgan fingerprint density at radius 3 is 2.67 bits per heavy atom. The Kier molecular flexibility index (Phi) is 1.68. The number of carboxylic acid groups (broad SMARTS) is 1. The molecule has 0 spiro atoms. The molecule has 1 saturated heterocycles. The molecule has 1 unspecified atom stereocenters. The minimum Gasteiger partial charge on any atom is -0.480 e. The largest absolute Gasteiger partial charge is 0.480 e. The predicted octanol–water partition coefficient (Wildman–Crippen LogP) is -1.21. The van der Waals surface area contributed by atoms with Gasteiger partial charge in [-0.3, -0.25) is 4.79 Å². The molecule has 0 saturated carbocycles. The van der Waals surface area contributed by atoms with Crippen LogP contribution in [0.3, 0.4) is 0 Å². The van der Waals surface area contributed by atoms with Crippen LogP contribution in [0, 0.1) is 0 Å². The summed E-state index contributed by atoms with van der Waals surface area (Å²) >= 11 is 0. The van der Waals surface area contributed by atoms with E-state index in [0.717, 1.165) is 0 Å². The summed E-state index contributed by atoms with van der Waals surface area (Å²) in [6.45, 7) is 0.400. The van der Waals surface area contributed by atoms with Crippen LogP contribution in [0.1, 0.15) is 6.42 Å². The van der Waals surface area contributed by atoms with Crippen molar-refractivity contribution < 1.29 is 15.0 Å². The van der Waals surface area contributed by atoms with Gasteiger partial charge in [0, 0.05) is 13.0 Å². The summed E-state index contributed by atoms with van der Waals surface area (Å²) in [5, 5.41) is 19.8. The fourth-order valence-electron chi connectivity index (χ4n) is 0.905. The average molecular weight is 133 g/mol. The van der Waals surface area contributed by atoms with E-state index in [9.17, 15) is 4.79 Å². The topological polar surface area (TPSA) is 69.6 Å². The standard InChI is InChI=1S/C5H9NO3/c7-3-1-4(5(8)9)6-2-3/h3-4,6-7H,1-2H2,(H,8,9)/t3?,4-/m0/s1/i4+2. The van der Waals surface area contributed by atoms with E-state index < -0.39 is 18.1 Å². The zero-order chi connectivity index (χ0) is 6.85. The lowest BCUT2D eigenvalue weighted by Crippen LogP contribution is -2.29. The number of hydrogen-bond donors (Lipinski definition) is 3. The molecule has 1 aliphatic rings. The molecule has 52 valence electrons. The van der Waals surface area contributed by atoms with Crippen molar-refractivity contribution in [3.8, 4) is 0 Å². The normalized spacial score (nSPS) is 34.8. The highest BCUT2D eigenvalue weighted by Crippen LogP contribution is 2.05. The monoisotopic (exact) mass is 133 g/mol. The zero-order valence-corrected chi connectivity index (χ0v) is 4.87. The molecule has 4 heteroatoms. The second kappa shape index (κ2) is 2.33. The van der Waals surface area contributed by atoms with Crippen LogP contribution < -0.4 is 5.32 Å². The maximum Gasteiger partial charge on any atom is 0.320 e. The van der Waals surface area contributed by atoms with Gasteiger partial charge in [0.1, 0.15) is 6.04 Å². The Labute approximate surface area is 52.5 Å². The molecule has 0 aromatic rings. The number of carboxylic acids is 1. The van der Waals surface area contributed by atoms with Gasteiger partial charge in [0.25, 0.3) is 0 Å². The number of aliphatic hydroxyl groups excluding tert-OH is 1. The summed E-state index contributed by atoms with van der Waals surface area (Å²) in [6, 6.07) is -0.542. The molecule has 0 bridgehead atoms. The molecule has 0 aromatic heterocycles. The van der Waals surface area contributed by atoms with Gasteiger partial charge in [0.05, 0.1) is 6.10 Å². The number of aliphatic hydroxyl groups is 1. The number of rotatable bonds is 1. The van der Waals surface area contributed by atoms with Gasteiger partial charge in [-0.1, -0.05) is 0 Å². The molecule has 1 aliphatic heterocycles. The van der Waals surface area contributed by atoms with E-state index in [4.69, 9.17) is 10.2 Å². The van der Waals surface area contributed by atoms with Gasteiger partial charge in [0.2, 0.25) is 0 Å². The predicted molar refractivity (Wildman–Crippen MR) is 30.1 cm³/mol. The van der Waals surface area contributed by atoms with Crippen molar-refractivity contribution in [2.75, 3.05) is 6.54 Å². The van der Waals surface area contributed by atoms with Crippen molar-refractivity contribution in [3.05, 3.63) is 0 Å². The number of aliphatic carboxylic acids is 1. The molecule has 0 radical (unpaired) electrons. The van der Waals surface area contributed by atoms with Crippen molar-refractivity contribution in [2.24, 2.45) is 0 Å². The van der Waals surface area contributed by atoms with E-state index in [0.29, 0.717) is 13.0 Å². The van der Waals surface area contributed by atoms with Crippen LogP contribution in [0.2, 0.25) is 0 Å². The van der Waals surface area contributed by atoms with Crippen LogP contribution in [-0.4, -0.2) is 34.9 Å². The number of nitrogens with one attached hydrogen (secondary N) is 1. The summed E-state index contributed by atoms with van der Waals surface area (Å²) in [6.07, 6.45) is -0.152. The number of β-amino-alcohol motifs (C(OH)–C–C–N with tert-alkyl or cyclic N) is 1. The highest BCUT2D eigenvalue weighted by atomic mass is 16.4.